The first-order chi connectivity index (χ1) is 9.48. The van der Waals surface area contributed by atoms with Crippen molar-refractivity contribution in [1.29, 1.82) is 0 Å². The van der Waals surface area contributed by atoms with Crippen LogP contribution in [0.15, 0.2) is 52.2 Å². The molecule has 2 aromatic rings. The standard InChI is InChI=1S/C13H9F3N2O2/c14-13(15,16)10-5-2-1-4-9(10)8-17-18-12(19)11-6-3-7-20-11/h1-8H,(H,18,19). The van der Waals surface area contributed by atoms with Crippen LogP contribution in [0, 0.1) is 0 Å². The number of carbonyl (C=O) groups is 1. The zero-order chi connectivity index (χ0) is 14.6. The van der Waals surface area contributed by atoms with Crippen molar-refractivity contribution in [3.63, 3.8) is 0 Å². The molecule has 0 radical (unpaired) electrons. The van der Waals surface area contributed by atoms with Crippen molar-refractivity contribution >= 4 is 12.1 Å². The molecule has 4 nitrogen and oxygen atoms in total. The number of nitrogens with one attached hydrogen (secondary N) is 1. The van der Waals surface area contributed by atoms with Gasteiger partial charge in [-0.05, 0) is 18.2 Å². The molecule has 1 aromatic carbocycles. The van der Waals surface area contributed by atoms with Gasteiger partial charge in [-0.3, -0.25) is 4.79 Å². The summed E-state index contributed by atoms with van der Waals surface area (Å²) in [6.45, 7) is 0. The van der Waals surface area contributed by atoms with Gasteiger partial charge in [-0.2, -0.15) is 18.3 Å². The van der Waals surface area contributed by atoms with E-state index in [0.29, 0.717) is 0 Å². The molecule has 1 heterocycles. The quantitative estimate of drug-likeness (QED) is 0.694. The fourth-order valence-electron chi connectivity index (χ4n) is 1.49. The Labute approximate surface area is 111 Å². The Bertz CT molecular complexity index is 619. The number of amides is 1. The second-order valence-corrected chi connectivity index (χ2v) is 3.76. The summed E-state index contributed by atoms with van der Waals surface area (Å²) in [7, 11) is 0. The summed E-state index contributed by atoms with van der Waals surface area (Å²) >= 11 is 0. The van der Waals surface area contributed by atoms with Gasteiger partial charge in [-0.25, -0.2) is 5.43 Å². The number of hydrogen-bond donors (Lipinski definition) is 1. The van der Waals surface area contributed by atoms with Gasteiger partial charge in [-0.15, -0.1) is 0 Å². The number of furan rings is 1. The SMILES string of the molecule is O=C(NN=Cc1ccccc1C(F)(F)F)c1ccco1. The number of carbonyl (C=O) groups excluding carboxylic acids is 1. The van der Waals surface area contributed by atoms with Gasteiger partial charge in [-0.1, -0.05) is 18.2 Å². The maximum absolute atomic E-state index is 12.7. The third kappa shape index (κ3) is 3.25. The lowest BCUT2D eigenvalue weighted by molar-refractivity contribution is -0.137. The van der Waals surface area contributed by atoms with Crippen LogP contribution in [0.4, 0.5) is 13.2 Å². The van der Waals surface area contributed by atoms with E-state index in [2.05, 4.69) is 10.5 Å². The summed E-state index contributed by atoms with van der Waals surface area (Å²) in [5, 5.41) is 3.49. The van der Waals surface area contributed by atoms with E-state index in [-0.39, 0.29) is 11.3 Å². The van der Waals surface area contributed by atoms with Crippen LogP contribution < -0.4 is 5.43 Å². The fourth-order valence-corrected chi connectivity index (χ4v) is 1.49. The van der Waals surface area contributed by atoms with Crippen LogP contribution in [-0.2, 0) is 6.18 Å². The highest BCUT2D eigenvalue weighted by Gasteiger charge is 2.32. The van der Waals surface area contributed by atoms with Gasteiger partial charge >= 0.3 is 12.1 Å². The van der Waals surface area contributed by atoms with Gasteiger partial charge in [0.15, 0.2) is 5.76 Å². The molecule has 104 valence electrons. The lowest BCUT2D eigenvalue weighted by Gasteiger charge is -2.08. The number of benzene rings is 1. The van der Waals surface area contributed by atoms with Gasteiger partial charge in [0.05, 0.1) is 18.0 Å². The number of hydrogen-bond acceptors (Lipinski definition) is 3. The molecule has 0 aliphatic rings. The molecule has 0 aliphatic carbocycles. The zero-order valence-electron chi connectivity index (χ0n) is 10.0. The molecule has 0 saturated carbocycles. The molecule has 1 amide bonds. The Morgan fingerprint density at radius 2 is 1.95 bits per heavy atom. The monoisotopic (exact) mass is 282 g/mol. The predicted octanol–water partition coefficient (Wildman–Crippen LogP) is 3.06. The van der Waals surface area contributed by atoms with Gasteiger partial charge in [0.25, 0.3) is 0 Å². The number of halogens is 3. The largest absolute Gasteiger partial charge is 0.459 e. The lowest BCUT2D eigenvalue weighted by atomic mass is 10.1. The first-order valence-electron chi connectivity index (χ1n) is 5.51. The minimum absolute atomic E-state index is 0.0197. The zero-order valence-corrected chi connectivity index (χ0v) is 10.0. The van der Waals surface area contributed by atoms with Crippen molar-refractivity contribution in [1.82, 2.24) is 5.43 Å². The molecule has 7 heteroatoms. The van der Waals surface area contributed by atoms with Gasteiger partial charge < -0.3 is 4.42 Å². The molecule has 0 saturated heterocycles. The summed E-state index contributed by atoms with van der Waals surface area (Å²) in [5.74, 6) is -0.623. The van der Waals surface area contributed by atoms with Gasteiger partial charge in [0.1, 0.15) is 0 Å². The lowest BCUT2D eigenvalue weighted by Crippen LogP contribution is -2.17. The third-order valence-corrected chi connectivity index (χ3v) is 2.38. The Hall–Kier alpha value is -2.57. The van der Waals surface area contributed by atoms with Crippen LogP contribution >= 0.6 is 0 Å². The van der Waals surface area contributed by atoms with E-state index < -0.39 is 17.6 Å². The molecule has 0 unspecified atom stereocenters. The van der Waals surface area contributed by atoms with Crippen molar-refractivity contribution in [2.24, 2.45) is 5.10 Å². The highest BCUT2D eigenvalue weighted by molar-refractivity contribution is 5.92. The number of nitrogens with zero attached hydrogens (tertiary/aromatic N) is 1. The van der Waals surface area contributed by atoms with Crippen LogP contribution in [0.5, 0.6) is 0 Å². The van der Waals surface area contributed by atoms with Crippen molar-refractivity contribution in [2.45, 2.75) is 6.18 Å². The highest BCUT2D eigenvalue weighted by atomic mass is 19.4. The molecule has 1 aromatic heterocycles. The maximum atomic E-state index is 12.7. The first kappa shape index (κ1) is 13.9. The minimum Gasteiger partial charge on any atom is -0.459 e. The fraction of sp³-hybridized carbons (Fsp3) is 0.0769. The topological polar surface area (TPSA) is 54.6 Å². The maximum Gasteiger partial charge on any atom is 0.417 e. The van der Waals surface area contributed by atoms with E-state index >= 15 is 0 Å². The summed E-state index contributed by atoms with van der Waals surface area (Å²) in [6.07, 6.45) is -2.24. The summed E-state index contributed by atoms with van der Waals surface area (Å²) in [6, 6.07) is 7.85. The molecular formula is C13H9F3N2O2. The van der Waals surface area contributed by atoms with E-state index in [1.807, 2.05) is 0 Å². The van der Waals surface area contributed by atoms with Crippen LogP contribution in [0.2, 0.25) is 0 Å². The van der Waals surface area contributed by atoms with Crippen LogP contribution in [0.3, 0.4) is 0 Å². The molecule has 0 fully saturated rings. The molecule has 0 spiro atoms. The van der Waals surface area contributed by atoms with E-state index in [4.69, 9.17) is 4.42 Å². The Morgan fingerprint density at radius 1 is 1.20 bits per heavy atom. The van der Waals surface area contributed by atoms with Crippen molar-refractivity contribution in [2.75, 3.05) is 0 Å². The average molecular weight is 282 g/mol. The summed E-state index contributed by atoms with van der Waals surface area (Å²) in [4.78, 5) is 11.4. The molecule has 1 N–H and O–H groups in total. The van der Waals surface area contributed by atoms with E-state index in [9.17, 15) is 18.0 Å². The average Bonchev–Trinajstić information content (AvgIpc) is 2.92. The smallest absolute Gasteiger partial charge is 0.417 e. The van der Waals surface area contributed by atoms with Gasteiger partial charge in [0, 0.05) is 5.56 Å². The molecule has 0 atom stereocenters. The van der Waals surface area contributed by atoms with Crippen molar-refractivity contribution in [3.05, 3.63) is 59.5 Å². The normalized spacial score (nSPS) is 11.8. The van der Waals surface area contributed by atoms with Crippen molar-refractivity contribution < 1.29 is 22.4 Å². The summed E-state index contributed by atoms with van der Waals surface area (Å²) < 4.78 is 42.9. The minimum atomic E-state index is -4.48. The highest BCUT2D eigenvalue weighted by Crippen LogP contribution is 2.30. The van der Waals surface area contributed by atoms with Crippen LogP contribution in [0.1, 0.15) is 21.7 Å². The van der Waals surface area contributed by atoms with Crippen molar-refractivity contribution in [3.8, 4) is 0 Å². The molecule has 0 bridgehead atoms. The number of rotatable bonds is 3. The molecule has 0 aliphatic heterocycles. The molecular weight excluding hydrogens is 273 g/mol. The van der Waals surface area contributed by atoms with Crippen LogP contribution in [-0.4, -0.2) is 12.1 Å². The van der Waals surface area contributed by atoms with E-state index in [0.717, 1.165) is 12.3 Å². The number of alkyl halides is 3. The number of hydrazone groups is 1. The van der Waals surface area contributed by atoms with E-state index in [1.165, 1.54) is 36.6 Å². The van der Waals surface area contributed by atoms with E-state index in [1.54, 1.807) is 0 Å². The van der Waals surface area contributed by atoms with Crippen LogP contribution in [0.25, 0.3) is 0 Å². The molecule has 2 rings (SSSR count). The van der Waals surface area contributed by atoms with Gasteiger partial charge in [0.2, 0.25) is 0 Å². The molecule has 20 heavy (non-hydrogen) atoms. The Morgan fingerprint density at radius 3 is 2.60 bits per heavy atom. The second kappa shape index (κ2) is 5.60. The first-order valence-corrected chi connectivity index (χ1v) is 5.51. The Kier molecular flexibility index (Phi) is 3.88. The predicted molar refractivity (Wildman–Crippen MR) is 65.2 cm³/mol. The summed E-state index contributed by atoms with van der Waals surface area (Å²) in [5.41, 5.74) is 1.12. The second-order valence-electron chi connectivity index (χ2n) is 3.76. The third-order valence-electron chi connectivity index (χ3n) is 2.38. The Balaban J connectivity index is 2.11.